The molecule has 1 aromatic heterocycles. The van der Waals surface area contributed by atoms with Crippen molar-refractivity contribution < 1.29 is 9.53 Å². The zero-order valence-electron chi connectivity index (χ0n) is 8.56. The lowest BCUT2D eigenvalue weighted by Crippen LogP contribution is -2.10. The molecular formula is C9H11N3O2S. The van der Waals surface area contributed by atoms with Crippen LogP contribution in [0.5, 0.6) is 0 Å². The van der Waals surface area contributed by atoms with Crippen LogP contribution < -0.4 is 0 Å². The minimum Gasteiger partial charge on any atom is -0.461 e. The van der Waals surface area contributed by atoms with Gasteiger partial charge in [0.15, 0.2) is 5.16 Å². The number of rotatable bonds is 4. The van der Waals surface area contributed by atoms with Gasteiger partial charge in [0.25, 0.3) is 0 Å². The van der Waals surface area contributed by atoms with Gasteiger partial charge in [-0.25, -0.2) is 9.78 Å². The summed E-state index contributed by atoms with van der Waals surface area (Å²) in [6.45, 7) is 2.09. The Hall–Kier alpha value is -1.48. The van der Waals surface area contributed by atoms with E-state index in [1.165, 1.54) is 18.0 Å². The predicted molar refractivity (Wildman–Crippen MR) is 55.5 cm³/mol. The Morgan fingerprint density at radius 2 is 2.53 bits per heavy atom. The van der Waals surface area contributed by atoms with Gasteiger partial charge in [0.05, 0.1) is 24.6 Å². The molecule has 0 aliphatic rings. The SMILES string of the molecule is CCOC(=O)c1cnc(SCC#N)n1C. The molecule has 0 radical (unpaired) electrons. The van der Waals surface area contributed by atoms with Crippen LogP contribution in [0.1, 0.15) is 17.4 Å². The number of esters is 1. The van der Waals surface area contributed by atoms with E-state index in [2.05, 4.69) is 4.98 Å². The van der Waals surface area contributed by atoms with Gasteiger partial charge in [-0.3, -0.25) is 0 Å². The molecular weight excluding hydrogens is 214 g/mol. The highest BCUT2D eigenvalue weighted by molar-refractivity contribution is 7.99. The fourth-order valence-corrected chi connectivity index (χ4v) is 1.63. The van der Waals surface area contributed by atoms with E-state index >= 15 is 0 Å². The van der Waals surface area contributed by atoms with Crippen LogP contribution >= 0.6 is 11.8 Å². The van der Waals surface area contributed by atoms with E-state index in [-0.39, 0.29) is 0 Å². The van der Waals surface area contributed by atoms with Crippen LogP contribution in [0.25, 0.3) is 0 Å². The Morgan fingerprint density at radius 1 is 1.80 bits per heavy atom. The first-order valence-corrected chi connectivity index (χ1v) is 5.37. The third-order valence-corrected chi connectivity index (χ3v) is 2.61. The second-order valence-corrected chi connectivity index (χ2v) is 3.59. The van der Waals surface area contributed by atoms with Crippen molar-refractivity contribution in [3.8, 4) is 6.07 Å². The molecule has 15 heavy (non-hydrogen) atoms. The number of carbonyl (C=O) groups excluding carboxylic acids is 1. The Labute approximate surface area is 92.1 Å². The lowest BCUT2D eigenvalue weighted by Gasteiger charge is -2.03. The van der Waals surface area contributed by atoms with Crippen molar-refractivity contribution in [3.05, 3.63) is 11.9 Å². The highest BCUT2D eigenvalue weighted by Crippen LogP contribution is 2.16. The number of hydrogen-bond acceptors (Lipinski definition) is 5. The molecule has 0 unspecified atom stereocenters. The summed E-state index contributed by atoms with van der Waals surface area (Å²) in [4.78, 5) is 15.4. The van der Waals surface area contributed by atoms with Crippen LogP contribution in [0.4, 0.5) is 0 Å². The van der Waals surface area contributed by atoms with Crippen LogP contribution in [-0.2, 0) is 11.8 Å². The third-order valence-electron chi connectivity index (χ3n) is 1.70. The number of nitrogens with zero attached hydrogens (tertiary/aromatic N) is 3. The Bertz CT molecular complexity index is 395. The van der Waals surface area contributed by atoms with Gasteiger partial charge in [-0.2, -0.15) is 5.26 Å². The smallest absolute Gasteiger partial charge is 0.356 e. The molecule has 0 fully saturated rings. The zero-order valence-corrected chi connectivity index (χ0v) is 9.37. The summed E-state index contributed by atoms with van der Waals surface area (Å²) in [5.41, 5.74) is 0.400. The second kappa shape index (κ2) is 5.41. The molecule has 0 bridgehead atoms. The van der Waals surface area contributed by atoms with Crippen LogP contribution in [0.2, 0.25) is 0 Å². The maximum Gasteiger partial charge on any atom is 0.356 e. The second-order valence-electron chi connectivity index (χ2n) is 2.65. The molecule has 0 aromatic carbocycles. The fourth-order valence-electron chi connectivity index (χ4n) is 1.02. The van der Waals surface area contributed by atoms with E-state index in [9.17, 15) is 4.79 Å². The molecule has 0 aliphatic heterocycles. The van der Waals surface area contributed by atoms with Crippen LogP contribution in [0.15, 0.2) is 11.4 Å². The first-order chi connectivity index (χ1) is 7.20. The number of nitriles is 1. The van der Waals surface area contributed by atoms with Crippen molar-refractivity contribution in [2.75, 3.05) is 12.4 Å². The van der Waals surface area contributed by atoms with Crippen molar-refractivity contribution in [1.82, 2.24) is 9.55 Å². The maximum absolute atomic E-state index is 11.4. The highest BCUT2D eigenvalue weighted by atomic mass is 32.2. The van der Waals surface area contributed by atoms with Crippen molar-refractivity contribution in [1.29, 1.82) is 5.26 Å². The van der Waals surface area contributed by atoms with E-state index in [0.29, 0.717) is 23.2 Å². The van der Waals surface area contributed by atoms with E-state index in [1.54, 1.807) is 18.5 Å². The molecule has 0 saturated heterocycles. The molecule has 0 saturated carbocycles. The molecule has 0 amide bonds. The lowest BCUT2D eigenvalue weighted by molar-refractivity contribution is 0.0514. The Morgan fingerprint density at radius 3 is 3.13 bits per heavy atom. The van der Waals surface area contributed by atoms with E-state index < -0.39 is 5.97 Å². The minimum atomic E-state index is -0.392. The van der Waals surface area contributed by atoms with E-state index in [1.807, 2.05) is 6.07 Å². The number of aromatic nitrogens is 2. The molecule has 0 N–H and O–H groups in total. The van der Waals surface area contributed by atoms with Gasteiger partial charge in [-0.1, -0.05) is 11.8 Å². The number of imidazole rings is 1. The van der Waals surface area contributed by atoms with Crippen molar-refractivity contribution in [2.24, 2.45) is 7.05 Å². The summed E-state index contributed by atoms with van der Waals surface area (Å²) in [6.07, 6.45) is 1.46. The third kappa shape index (κ3) is 2.73. The lowest BCUT2D eigenvalue weighted by atomic mass is 10.5. The molecule has 0 aliphatic carbocycles. The summed E-state index contributed by atoms with van der Waals surface area (Å²) in [6, 6.07) is 2.00. The maximum atomic E-state index is 11.4. The van der Waals surface area contributed by atoms with Crippen LogP contribution in [0.3, 0.4) is 0 Å². The standard InChI is InChI=1S/C9H11N3O2S/c1-3-14-8(13)7-6-11-9(12(7)2)15-5-4-10/h6H,3,5H2,1-2H3. The molecule has 0 atom stereocenters. The molecule has 5 nitrogen and oxygen atoms in total. The monoisotopic (exact) mass is 225 g/mol. The number of thioether (sulfide) groups is 1. The van der Waals surface area contributed by atoms with Crippen molar-refractivity contribution in [2.45, 2.75) is 12.1 Å². The van der Waals surface area contributed by atoms with Gasteiger partial charge in [0.2, 0.25) is 0 Å². The Balaban J connectivity index is 2.80. The first kappa shape index (κ1) is 11.6. The average Bonchev–Trinajstić information content (AvgIpc) is 2.57. The van der Waals surface area contributed by atoms with Crippen LogP contribution in [-0.4, -0.2) is 27.9 Å². The van der Waals surface area contributed by atoms with Crippen molar-refractivity contribution >= 4 is 17.7 Å². The van der Waals surface area contributed by atoms with Gasteiger partial charge in [0, 0.05) is 7.05 Å². The first-order valence-electron chi connectivity index (χ1n) is 4.39. The normalized spacial score (nSPS) is 9.67. The Kier molecular flexibility index (Phi) is 4.18. The summed E-state index contributed by atoms with van der Waals surface area (Å²) < 4.78 is 6.48. The number of ether oxygens (including phenoxy) is 1. The van der Waals surface area contributed by atoms with Gasteiger partial charge in [0.1, 0.15) is 5.69 Å². The quantitative estimate of drug-likeness (QED) is 0.569. The van der Waals surface area contributed by atoms with Gasteiger partial charge in [-0.15, -0.1) is 0 Å². The zero-order chi connectivity index (χ0) is 11.3. The van der Waals surface area contributed by atoms with Crippen LogP contribution in [0, 0.1) is 11.3 Å². The molecule has 80 valence electrons. The molecule has 1 rings (SSSR count). The molecule has 6 heteroatoms. The summed E-state index contributed by atoms with van der Waals surface area (Å²) >= 11 is 1.29. The van der Waals surface area contributed by atoms with Gasteiger partial charge < -0.3 is 9.30 Å². The van der Waals surface area contributed by atoms with Gasteiger partial charge in [-0.05, 0) is 6.92 Å². The summed E-state index contributed by atoms with van der Waals surface area (Å²) in [5, 5.41) is 9.06. The largest absolute Gasteiger partial charge is 0.461 e. The number of carbonyl (C=O) groups is 1. The van der Waals surface area contributed by atoms with Gasteiger partial charge >= 0.3 is 5.97 Å². The highest BCUT2D eigenvalue weighted by Gasteiger charge is 2.14. The molecule has 1 aromatic rings. The predicted octanol–water partition coefficient (Wildman–Crippen LogP) is 1.21. The number of hydrogen-bond donors (Lipinski definition) is 0. The van der Waals surface area contributed by atoms with E-state index in [4.69, 9.17) is 10.00 Å². The average molecular weight is 225 g/mol. The minimum absolute atomic E-state index is 0.313. The summed E-state index contributed by atoms with van der Waals surface area (Å²) in [7, 11) is 1.72. The fraction of sp³-hybridized carbons (Fsp3) is 0.444. The van der Waals surface area contributed by atoms with Crippen molar-refractivity contribution in [3.63, 3.8) is 0 Å². The molecule has 0 spiro atoms. The topological polar surface area (TPSA) is 67.9 Å². The molecule has 1 heterocycles. The van der Waals surface area contributed by atoms with E-state index in [0.717, 1.165) is 0 Å². The summed E-state index contributed by atoms with van der Waals surface area (Å²) in [5.74, 6) is -0.0797.